The van der Waals surface area contributed by atoms with Gasteiger partial charge in [-0.15, -0.1) is 0 Å². The summed E-state index contributed by atoms with van der Waals surface area (Å²) in [7, 11) is 0. The Bertz CT molecular complexity index is 443. The van der Waals surface area contributed by atoms with Crippen LogP contribution in [0.4, 0.5) is 11.6 Å². The van der Waals surface area contributed by atoms with Crippen molar-refractivity contribution in [3.05, 3.63) is 11.9 Å². The highest BCUT2D eigenvalue weighted by molar-refractivity contribution is 5.50. The zero-order chi connectivity index (χ0) is 13.2. The summed E-state index contributed by atoms with van der Waals surface area (Å²) in [4.78, 5) is 11.5. The van der Waals surface area contributed by atoms with Crippen molar-refractivity contribution in [3.63, 3.8) is 0 Å². The van der Waals surface area contributed by atoms with Gasteiger partial charge in [0.1, 0.15) is 17.5 Å². The molecule has 1 unspecified atom stereocenters. The lowest BCUT2D eigenvalue weighted by Crippen LogP contribution is -2.30. The SMILES string of the molecule is Cc1nc(NC2CC2)cc(N2CCNCC(C)C2)n1. The molecule has 0 bridgehead atoms. The lowest BCUT2D eigenvalue weighted by molar-refractivity contribution is 0.562. The van der Waals surface area contributed by atoms with Crippen LogP contribution in [0.15, 0.2) is 6.07 Å². The van der Waals surface area contributed by atoms with Gasteiger partial charge in [0.15, 0.2) is 0 Å². The van der Waals surface area contributed by atoms with Crippen LogP contribution in [0.2, 0.25) is 0 Å². The molecule has 0 amide bonds. The first kappa shape index (κ1) is 12.7. The summed E-state index contributed by atoms with van der Waals surface area (Å²) in [6, 6.07) is 2.73. The normalized spacial score (nSPS) is 24.1. The first-order chi connectivity index (χ1) is 9.20. The van der Waals surface area contributed by atoms with Gasteiger partial charge in [-0.05, 0) is 32.2 Å². The molecular weight excluding hydrogens is 238 g/mol. The summed E-state index contributed by atoms with van der Waals surface area (Å²) in [5.41, 5.74) is 0. The number of hydrogen-bond acceptors (Lipinski definition) is 5. The molecule has 3 rings (SSSR count). The van der Waals surface area contributed by atoms with Gasteiger partial charge in [-0.3, -0.25) is 0 Å². The fourth-order valence-electron chi connectivity index (χ4n) is 2.53. The van der Waals surface area contributed by atoms with E-state index in [0.717, 1.165) is 43.6 Å². The largest absolute Gasteiger partial charge is 0.367 e. The Kier molecular flexibility index (Phi) is 3.55. The van der Waals surface area contributed by atoms with Gasteiger partial charge >= 0.3 is 0 Å². The summed E-state index contributed by atoms with van der Waals surface area (Å²) in [5, 5.41) is 6.94. The Morgan fingerprint density at radius 2 is 2.21 bits per heavy atom. The molecule has 2 heterocycles. The lowest BCUT2D eigenvalue weighted by atomic mass is 10.2. The van der Waals surface area contributed by atoms with Gasteiger partial charge in [-0.25, -0.2) is 9.97 Å². The highest BCUT2D eigenvalue weighted by atomic mass is 15.2. The number of anilines is 2. The smallest absolute Gasteiger partial charge is 0.134 e. The molecule has 104 valence electrons. The summed E-state index contributed by atoms with van der Waals surface area (Å²) >= 11 is 0. The van der Waals surface area contributed by atoms with Gasteiger partial charge < -0.3 is 15.5 Å². The molecular formula is C14H23N5. The monoisotopic (exact) mass is 261 g/mol. The van der Waals surface area contributed by atoms with Gasteiger partial charge in [-0.2, -0.15) is 0 Å². The third-order valence-corrected chi connectivity index (χ3v) is 3.66. The Balaban J connectivity index is 1.79. The second-order valence-electron chi connectivity index (χ2n) is 5.83. The topological polar surface area (TPSA) is 53.1 Å². The third-order valence-electron chi connectivity index (χ3n) is 3.66. The molecule has 2 aliphatic rings. The van der Waals surface area contributed by atoms with Crippen LogP contribution in [0.3, 0.4) is 0 Å². The summed E-state index contributed by atoms with van der Waals surface area (Å²) in [6.07, 6.45) is 2.53. The van der Waals surface area contributed by atoms with Crippen LogP contribution in [0.25, 0.3) is 0 Å². The van der Waals surface area contributed by atoms with Gasteiger partial charge in [0, 0.05) is 31.7 Å². The molecule has 1 aromatic heterocycles. The molecule has 2 N–H and O–H groups in total. The predicted octanol–water partition coefficient (Wildman–Crippen LogP) is 1.41. The predicted molar refractivity (Wildman–Crippen MR) is 77.7 cm³/mol. The quantitative estimate of drug-likeness (QED) is 0.861. The summed E-state index contributed by atoms with van der Waals surface area (Å²) in [5.74, 6) is 3.55. The zero-order valence-corrected chi connectivity index (χ0v) is 11.8. The first-order valence-corrected chi connectivity index (χ1v) is 7.28. The van der Waals surface area contributed by atoms with E-state index >= 15 is 0 Å². The molecule has 1 saturated carbocycles. The van der Waals surface area contributed by atoms with E-state index in [1.165, 1.54) is 12.8 Å². The van der Waals surface area contributed by atoms with E-state index in [0.29, 0.717) is 12.0 Å². The van der Waals surface area contributed by atoms with Crippen LogP contribution in [0.5, 0.6) is 0 Å². The molecule has 1 aromatic rings. The minimum atomic E-state index is 0.631. The van der Waals surface area contributed by atoms with Crippen LogP contribution < -0.4 is 15.5 Å². The highest BCUT2D eigenvalue weighted by Crippen LogP contribution is 2.25. The Labute approximate surface area is 114 Å². The standard InChI is InChI=1S/C14H23N5/c1-10-8-15-5-6-19(9-10)14-7-13(16-11(2)17-14)18-12-3-4-12/h7,10,12,15H,3-6,8-9H2,1-2H3,(H,16,17,18). The first-order valence-electron chi connectivity index (χ1n) is 7.28. The van der Waals surface area contributed by atoms with Gasteiger partial charge in [0.05, 0.1) is 0 Å². The molecule has 0 spiro atoms. The van der Waals surface area contributed by atoms with E-state index in [9.17, 15) is 0 Å². The van der Waals surface area contributed by atoms with Crippen LogP contribution in [-0.4, -0.2) is 42.2 Å². The van der Waals surface area contributed by atoms with E-state index in [1.807, 2.05) is 6.92 Å². The van der Waals surface area contributed by atoms with Crippen molar-refractivity contribution in [1.82, 2.24) is 15.3 Å². The number of aryl methyl sites for hydroxylation is 1. The molecule has 19 heavy (non-hydrogen) atoms. The van der Waals surface area contributed by atoms with Gasteiger partial charge in [0.25, 0.3) is 0 Å². The van der Waals surface area contributed by atoms with Crippen molar-refractivity contribution < 1.29 is 0 Å². The molecule has 1 aliphatic carbocycles. The van der Waals surface area contributed by atoms with Crippen LogP contribution in [-0.2, 0) is 0 Å². The second kappa shape index (κ2) is 5.33. The average Bonchev–Trinajstić information content (AvgIpc) is 3.16. The molecule has 0 aromatic carbocycles. The van der Waals surface area contributed by atoms with Crippen molar-refractivity contribution in [3.8, 4) is 0 Å². The van der Waals surface area contributed by atoms with Crippen molar-refractivity contribution >= 4 is 11.6 Å². The van der Waals surface area contributed by atoms with E-state index < -0.39 is 0 Å². The zero-order valence-electron chi connectivity index (χ0n) is 11.8. The van der Waals surface area contributed by atoms with Crippen molar-refractivity contribution in [2.24, 2.45) is 5.92 Å². The van der Waals surface area contributed by atoms with E-state index in [4.69, 9.17) is 0 Å². The fourth-order valence-corrected chi connectivity index (χ4v) is 2.53. The minimum absolute atomic E-state index is 0.631. The van der Waals surface area contributed by atoms with Gasteiger partial charge in [0.2, 0.25) is 0 Å². The molecule has 0 radical (unpaired) electrons. The van der Waals surface area contributed by atoms with Gasteiger partial charge in [-0.1, -0.05) is 6.92 Å². The third kappa shape index (κ3) is 3.35. The summed E-state index contributed by atoms with van der Waals surface area (Å²) in [6.45, 7) is 8.45. The van der Waals surface area contributed by atoms with Crippen LogP contribution in [0, 0.1) is 12.8 Å². The number of rotatable bonds is 3. The molecule has 5 heteroatoms. The summed E-state index contributed by atoms with van der Waals surface area (Å²) < 4.78 is 0. The number of nitrogens with zero attached hydrogens (tertiary/aromatic N) is 3. The maximum Gasteiger partial charge on any atom is 0.134 e. The van der Waals surface area contributed by atoms with Crippen molar-refractivity contribution in [1.29, 1.82) is 0 Å². The van der Waals surface area contributed by atoms with E-state index in [-0.39, 0.29) is 0 Å². The lowest BCUT2D eigenvalue weighted by Gasteiger charge is -2.24. The number of hydrogen-bond donors (Lipinski definition) is 2. The number of nitrogens with one attached hydrogen (secondary N) is 2. The maximum atomic E-state index is 4.61. The fraction of sp³-hybridized carbons (Fsp3) is 0.714. The Hall–Kier alpha value is -1.36. The highest BCUT2D eigenvalue weighted by Gasteiger charge is 2.22. The Morgan fingerprint density at radius 1 is 1.37 bits per heavy atom. The molecule has 2 fully saturated rings. The molecule has 1 saturated heterocycles. The number of aromatic nitrogens is 2. The molecule has 5 nitrogen and oxygen atoms in total. The van der Waals surface area contributed by atoms with E-state index in [2.05, 4.69) is 38.5 Å². The average molecular weight is 261 g/mol. The maximum absolute atomic E-state index is 4.61. The molecule has 1 atom stereocenters. The van der Waals surface area contributed by atoms with Crippen LogP contribution >= 0.6 is 0 Å². The van der Waals surface area contributed by atoms with Crippen molar-refractivity contribution in [2.75, 3.05) is 36.4 Å². The molecule has 1 aliphatic heterocycles. The van der Waals surface area contributed by atoms with Crippen LogP contribution in [0.1, 0.15) is 25.6 Å². The van der Waals surface area contributed by atoms with Crippen molar-refractivity contribution in [2.45, 2.75) is 32.7 Å². The minimum Gasteiger partial charge on any atom is -0.367 e. The second-order valence-corrected chi connectivity index (χ2v) is 5.83. The Morgan fingerprint density at radius 3 is 3.00 bits per heavy atom. The van der Waals surface area contributed by atoms with E-state index in [1.54, 1.807) is 0 Å².